The van der Waals surface area contributed by atoms with Gasteiger partial charge in [0.1, 0.15) is 11.5 Å². The molecule has 3 N–H and O–H groups in total. The number of fused-ring (bicyclic) bond motifs is 2. The molecule has 0 aromatic heterocycles. The third-order valence-corrected chi connectivity index (χ3v) is 5.28. The lowest BCUT2D eigenvalue weighted by atomic mass is 9.83. The second-order valence-corrected chi connectivity index (χ2v) is 7.43. The monoisotopic (exact) mass is 431 g/mol. The number of phenols is 2. The maximum Gasteiger partial charge on any atom is 0.340 e. The Morgan fingerprint density at radius 1 is 0.906 bits per heavy atom. The summed E-state index contributed by atoms with van der Waals surface area (Å²) in [6.07, 6.45) is 1.68. The van der Waals surface area contributed by atoms with Crippen LogP contribution in [0.15, 0.2) is 54.6 Å². The Morgan fingerprint density at radius 2 is 1.56 bits per heavy atom. The second-order valence-electron chi connectivity index (χ2n) is 7.43. The molecule has 3 aromatic carbocycles. The number of aromatic hydroxyl groups is 2. The molecule has 1 aliphatic rings. The molecule has 7 heteroatoms. The fraction of sp³-hybridized carbons (Fsp3) is 0.160. The molecule has 4 rings (SSSR count). The summed E-state index contributed by atoms with van der Waals surface area (Å²) in [7, 11) is 0. The Bertz CT molecular complexity index is 1250. The minimum Gasteiger partial charge on any atom is -0.507 e. The molecule has 1 aliphatic carbocycles. The number of carbonyl (C=O) groups is 3. The number of anilines is 2. The van der Waals surface area contributed by atoms with Crippen molar-refractivity contribution in [3.05, 3.63) is 82.4 Å². The van der Waals surface area contributed by atoms with Crippen molar-refractivity contribution in [3.63, 3.8) is 0 Å². The maximum absolute atomic E-state index is 13.0. The normalized spacial score (nSPS) is 12.2. The van der Waals surface area contributed by atoms with Crippen LogP contribution in [0.3, 0.4) is 0 Å². The summed E-state index contributed by atoms with van der Waals surface area (Å²) in [5.41, 5.74) is 1.10. The zero-order chi connectivity index (χ0) is 22.8. The Hall–Kier alpha value is -4.13. The van der Waals surface area contributed by atoms with Gasteiger partial charge in [-0.15, -0.1) is 0 Å². The van der Waals surface area contributed by atoms with E-state index in [0.29, 0.717) is 23.5 Å². The fourth-order valence-corrected chi connectivity index (χ4v) is 3.63. The average molecular weight is 431 g/mol. The smallest absolute Gasteiger partial charge is 0.340 e. The van der Waals surface area contributed by atoms with Gasteiger partial charge in [-0.25, -0.2) is 4.79 Å². The first-order valence-electron chi connectivity index (χ1n) is 10.2. The van der Waals surface area contributed by atoms with E-state index in [1.54, 1.807) is 30.3 Å². The summed E-state index contributed by atoms with van der Waals surface area (Å²) >= 11 is 0. The third kappa shape index (κ3) is 3.69. The molecule has 32 heavy (non-hydrogen) atoms. The van der Waals surface area contributed by atoms with Crippen LogP contribution in [-0.4, -0.2) is 34.4 Å². The van der Waals surface area contributed by atoms with Gasteiger partial charge in [-0.1, -0.05) is 25.5 Å². The van der Waals surface area contributed by atoms with Crippen molar-refractivity contribution in [2.45, 2.75) is 19.8 Å². The van der Waals surface area contributed by atoms with Crippen LogP contribution in [0.4, 0.5) is 11.4 Å². The number of carbonyl (C=O) groups excluding carboxylic acids is 3. The quantitative estimate of drug-likeness (QED) is 0.233. The number of benzene rings is 3. The number of unbranched alkanes of at least 4 members (excludes halogenated alkanes) is 1. The zero-order valence-electron chi connectivity index (χ0n) is 17.3. The van der Waals surface area contributed by atoms with Gasteiger partial charge in [0.15, 0.2) is 11.6 Å². The summed E-state index contributed by atoms with van der Waals surface area (Å²) in [5.74, 6) is -2.31. The van der Waals surface area contributed by atoms with Crippen molar-refractivity contribution < 1.29 is 29.3 Å². The minimum atomic E-state index is -0.570. The van der Waals surface area contributed by atoms with Crippen molar-refractivity contribution in [3.8, 4) is 11.5 Å². The Morgan fingerprint density at radius 3 is 2.25 bits per heavy atom. The molecule has 0 fully saturated rings. The Labute approximate surface area is 184 Å². The number of hydrogen-bond acceptors (Lipinski definition) is 7. The molecule has 0 radical (unpaired) electrons. The van der Waals surface area contributed by atoms with E-state index < -0.39 is 17.5 Å². The average Bonchev–Trinajstić information content (AvgIpc) is 2.79. The summed E-state index contributed by atoms with van der Waals surface area (Å²) in [6.45, 7) is 2.33. The highest BCUT2D eigenvalue weighted by atomic mass is 16.5. The van der Waals surface area contributed by atoms with Crippen LogP contribution in [0.5, 0.6) is 11.5 Å². The topological polar surface area (TPSA) is 113 Å². The van der Waals surface area contributed by atoms with E-state index in [1.165, 1.54) is 24.3 Å². The molecule has 0 amide bonds. The lowest BCUT2D eigenvalue weighted by Crippen LogP contribution is -2.21. The van der Waals surface area contributed by atoms with E-state index in [1.807, 2.05) is 6.92 Å². The van der Waals surface area contributed by atoms with Crippen LogP contribution in [-0.2, 0) is 4.74 Å². The Kier molecular flexibility index (Phi) is 5.64. The molecule has 162 valence electrons. The van der Waals surface area contributed by atoms with Gasteiger partial charge in [0.05, 0.1) is 29.0 Å². The number of rotatable bonds is 6. The van der Waals surface area contributed by atoms with E-state index in [2.05, 4.69) is 5.32 Å². The lowest BCUT2D eigenvalue weighted by Gasteiger charge is -2.20. The van der Waals surface area contributed by atoms with Gasteiger partial charge >= 0.3 is 5.97 Å². The van der Waals surface area contributed by atoms with Crippen molar-refractivity contribution >= 4 is 28.9 Å². The van der Waals surface area contributed by atoms with E-state index in [4.69, 9.17) is 4.74 Å². The van der Waals surface area contributed by atoms with Gasteiger partial charge < -0.3 is 20.3 Å². The number of ether oxygens (including phenoxy) is 1. The minimum absolute atomic E-state index is 0.0939. The highest BCUT2D eigenvalue weighted by Crippen LogP contribution is 2.38. The molecule has 7 nitrogen and oxygen atoms in total. The zero-order valence-corrected chi connectivity index (χ0v) is 17.3. The van der Waals surface area contributed by atoms with Crippen molar-refractivity contribution in [2.24, 2.45) is 0 Å². The lowest BCUT2D eigenvalue weighted by molar-refractivity contribution is 0.0500. The van der Waals surface area contributed by atoms with Crippen molar-refractivity contribution in [2.75, 3.05) is 11.9 Å². The largest absolute Gasteiger partial charge is 0.507 e. The molecule has 0 heterocycles. The first-order valence-corrected chi connectivity index (χ1v) is 10.2. The van der Waals surface area contributed by atoms with Crippen LogP contribution in [0.2, 0.25) is 0 Å². The Balaban J connectivity index is 1.67. The van der Waals surface area contributed by atoms with Gasteiger partial charge in [-0.3, -0.25) is 9.59 Å². The molecule has 0 saturated carbocycles. The summed E-state index contributed by atoms with van der Waals surface area (Å²) in [4.78, 5) is 38.3. The number of nitrogens with one attached hydrogen (secondary N) is 1. The SMILES string of the molecule is CCCCOC(=O)c1ccccc1Nc1ccc2c(c1)C(=O)c1c(O)ccc(O)c1C2=O. The molecule has 0 bridgehead atoms. The predicted octanol–water partition coefficient (Wildman–Crippen LogP) is 4.57. The fourth-order valence-electron chi connectivity index (χ4n) is 3.63. The van der Waals surface area contributed by atoms with E-state index in [0.717, 1.165) is 12.8 Å². The van der Waals surface area contributed by atoms with Crippen LogP contribution < -0.4 is 5.32 Å². The van der Waals surface area contributed by atoms with Crippen LogP contribution >= 0.6 is 0 Å². The van der Waals surface area contributed by atoms with Gasteiger partial charge in [-0.05, 0) is 48.9 Å². The standard InChI is InChI=1S/C25H21NO6/c1-2-3-12-32-25(31)16-6-4-5-7-18(16)26-14-8-9-15-17(13-14)24(30)22-20(28)11-10-19(27)21(22)23(15)29/h4-11,13,26-28H,2-3,12H2,1H3. The highest BCUT2D eigenvalue weighted by Gasteiger charge is 2.34. The summed E-state index contributed by atoms with van der Waals surface area (Å²) in [6, 6.07) is 13.8. The predicted molar refractivity (Wildman–Crippen MR) is 118 cm³/mol. The van der Waals surface area contributed by atoms with Crippen molar-refractivity contribution in [1.29, 1.82) is 0 Å². The van der Waals surface area contributed by atoms with Crippen molar-refractivity contribution in [1.82, 2.24) is 0 Å². The van der Waals surface area contributed by atoms with E-state index in [-0.39, 0.29) is 33.8 Å². The number of esters is 1. The highest BCUT2D eigenvalue weighted by molar-refractivity contribution is 6.30. The van der Waals surface area contributed by atoms with Crippen LogP contribution in [0.25, 0.3) is 0 Å². The number of ketones is 2. The molecule has 0 unspecified atom stereocenters. The number of para-hydroxylation sites is 1. The molecule has 0 spiro atoms. The third-order valence-electron chi connectivity index (χ3n) is 5.28. The molecule has 3 aromatic rings. The summed E-state index contributed by atoms with van der Waals surface area (Å²) < 4.78 is 5.30. The number of phenolic OH excluding ortho intramolecular Hbond substituents is 2. The van der Waals surface area contributed by atoms with Gasteiger partial charge in [0, 0.05) is 16.8 Å². The molecule has 0 saturated heterocycles. The number of hydrogen-bond donors (Lipinski definition) is 3. The van der Waals surface area contributed by atoms with Crippen LogP contribution in [0.1, 0.15) is 62.0 Å². The van der Waals surface area contributed by atoms with Crippen LogP contribution in [0, 0.1) is 0 Å². The maximum atomic E-state index is 13.0. The van der Waals surface area contributed by atoms with Gasteiger partial charge in [-0.2, -0.15) is 0 Å². The molecule has 0 aliphatic heterocycles. The van der Waals surface area contributed by atoms with E-state index >= 15 is 0 Å². The second kappa shape index (κ2) is 8.55. The van der Waals surface area contributed by atoms with Gasteiger partial charge in [0.2, 0.25) is 0 Å². The first-order chi connectivity index (χ1) is 15.4. The first kappa shape index (κ1) is 21.1. The van der Waals surface area contributed by atoms with Gasteiger partial charge in [0.25, 0.3) is 0 Å². The summed E-state index contributed by atoms with van der Waals surface area (Å²) in [5, 5.41) is 23.3. The van der Waals surface area contributed by atoms with E-state index in [9.17, 15) is 24.6 Å². The molecular weight excluding hydrogens is 410 g/mol. The molecule has 0 atom stereocenters. The molecular formula is C25H21NO6.